The van der Waals surface area contributed by atoms with Gasteiger partial charge in [0.05, 0.1) is 22.1 Å². The van der Waals surface area contributed by atoms with E-state index < -0.39 is 0 Å². The molecule has 4 heteroatoms. The van der Waals surface area contributed by atoms with Gasteiger partial charge in [0.15, 0.2) is 0 Å². The molecule has 0 bridgehead atoms. The van der Waals surface area contributed by atoms with Gasteiger partial charge in [0.2, 0.25) is 0 Å². The van der Waals surface area contributed by atoms with Crippen LogP contribution in [0.15, 0.2) is 485 Å². The number of fused-ring (bicyclic) bond motifs is 10. The molecule has 23 rings (SSSR count). The van der Waals surface area contributed by atoms with E-state index in [2.05, 4.69) is 504 Å². The minimum atomic E-state index is 1.12. The number of hydrogen-bond donors (Lipinski definition) is 0. The van der Waals surface area contributed by atoms with Crippen LogP contribution in [0.2, 0.25) is 0 Å². The van der Waals surface area contributed by atoms with Crippen molar-refractivity contribution in [1.82, 2.24) is 9.13 Å². The lowest BCUT2D eigenvalue weighted by Gasteiger charge is -2.25. The topological polar surface area (TPSA) is 16.3 Å². The molecule has 0 amide bonds. The molecular formula is C118H80N4. The summed E-state index contributed by atoms with van der Waals surface area (Å²) in [6.45, 7) is 0. The molecule has 2 heterocycles. The van der Waals surface area contributed by atoms with Crippen molar-refractivity contribution >= 4 is 121 Å². The molecule has 4 nitrogen and oxygen atoms in total. The summed E-state index contributed by atoms with van der Waals surface area (Å²) in [5.74, 6) is 0. The first-order valence-electron chi connectivity index (χ1n) is 41.9. The van der Waals surface area contributed by atoms with E-state index in [1.54, 1.807) is 0 Å². The van der Waals surface area contributed by atoms with Crippen LogP contribution in [0.1, 0.15) is 0 Å². The van der Waals surface area contributed by atoms with E-state index in [0.29, 0.717) is 0 Å². The molecule has 0 spiro atoms. The summed E-state index contributed by atoms with van der Waals surface area (Å²) in [5, 5.41) is 14.9. The van der Waals surface area contributed by atoms with Gasteiger partial charge in [0.1, 0.15) is 0 Å². The fraction of sp³-hybridized carbons (Fsp3) is 0. The Kier molecular flexibility index (Phi) is 18.6. The Morgan fingerprint density at radius 3 is 0.664 bits per heavy atom. The molecule has 0 saturated heterocycles. The summed E-state index contributed by atoms with van der Waals surface area (Å²) in [6.07, 6.45) is 0. The second kappa shape index (κ2) is 31.4. The van der Waals surface area contributed by atoms with Gasteiger partial charge >= 0.3 is 0 Å². The minimum absolute atomic E-state index is 1.12. The van der Waals surface area contributed by atoms with Crippen LogP contribution >= 0.6 is 0 Å². The lowest BCUT2D eigenvalue weighted by Crippen LogP contribution is -2.09. The zero-order valence-electron chi connectivity index (χ0n) is 67.0. The van der Waals surface area contributed by atoms with Crippen molar-refractivity contribution in [2.75, 3.05) is 9.80 Å². The predicted octanol–water partition coefficient (Wildman–Crippen LogP) is 32.8. The molecule has 0 aliphatic rings. The molecule has 0 fully saturated rings. The summed E-state index contributed by atoms with van der Waals surface area (Å²) >= 11 is 0. The molecule has 21 aromatic carbocycles. The number of para-hydroxylation sites is 6. The lowest BCUT2D eigenvalue weighted by molar-refractivity contribution is 1.18. The Balaban J connectivity index is 0.000000146. The van der Waals surface area contributed by atoms with Crippen LogP contribution in [0.4, 0.5) is 34.1 Å². The largest absolute Gasteiger partial charge is 0.310 e. The van der Waals surface area contributed by atoms with Crippen LogP contribution in [0.5, 0.6) is 0 Å². The van der Waals surface area contributed by atoms with Gasteiger partial charge in [-0.25, -0.2) is 0 Å². The molecule has 0 aliphatic carbocycles. The van der Waals surface area contributed by atoms with Gasteiger partial charge in [-0.1, -0.05) is 358 Å². The minimum Gasteiger partial charge on any atom is -0.310 e. The van der Waals surface area contributed by atoms with Crippen molar-refractivity contribution in [3.05, 3.63) is 485 Å². The SMILES string of the molecule is c1ccc(-c2ccc(-c3ccc(-c4c5ccccc5c(-c5ccc(-n6c7ccccc7c7cc(N(c8ccccc8)c8ccccc8)ccc76)cc5)c5ccccc45)cc3)cc2)cc1.c1ccc(-c2cccc(-c3c4ccccc4c(-c4ccc(-n5c6ccccc6c6cc(N(c7ccccc7)c7ccccc7)ccc65)cc4)c4ccccc34)c2)cc1. The summed E-state index contributed by atoms with van der Waals surface area (Å²) in [4.78, 5) is 4.67. The summed E-state index contributed by atoms with van der Waals surface area (Å²) in [5.41, 5.74) is 30.9. The Bertz CT molecular complexity index is 7610. The molecule has 0 atom stereocenters. The monoisotopic (exact) mass is 1550 g/mol. The standard InChI is InChI=1S/C62H42N2.C56H38N2/c1-4-16-43(17-5-1)44-28-30-45(31-29-44)46-32-34-47(35-33-46)61-54-23-10-12-25-56(54)62(57-26-13-11-24-55(57)61)48-36-38-51(39-37-48)64-59-27-15-14-22-53(59)58-42-52(40-41-60(58)64)63(49-18-6-2-7-19-49)50-20-8-3-9-21-50;1-4-17-39(18-5-1)41-19-16-20-42(37-41)56-50-28-12-10-26-48(50)55(49-27-11-13-29-51(49)56)40-31-33-45(34-32-40)58-53-30-15-14-25-47(53)52-38-46(35-36-54(52)58)57(43-21-6-2-7-22-43)44-23-8-3-9-24-44/h1-42H;1-38H. The highest BCUT2D eigenvalue weighted by Gasteiger charge is 2.24. The molecular weight excluding hydrogens is 1470 g/mol. The Hall–Kier alpha value is -16.1. The maximum Gasteiger partial charge on any atom is 0.0542 e. The van der Waals surface area contributed by atoms with Crippen LogP contribution in [0.3, 0.4) is 0 Å². The van der Waals surface area contributed by atoms with Gasteiger partial charge < -0.3 is 18.9 Å². The van der Waals surface area contributed by atoms with Gasteiger partial charge in [-0.15, -0.1) is 0 Å². The lowest BCUT2D eigenvalue weighted by atomic mass is 9.85. The number of hydrogen-bond acceptors (Lipinski definition) is 2. The average Bonchev–Trinajstić information content (AvgIpc) is 1.27. The van der Waals surface area contributed by atoms with E-state index in [1.165, 1.54) is 165 Å². The fourth-order valence-corrected chi connectivity index (χ4v) is 18.8. The van der Waals surface area contributed by atoms with Gasteiger partial charge in [-0.2, -0.15) is 0 Å². The normalized spacial score (nSPS) is 11.4. The molecule has 23 aromatic rings. The predicted molar refractivity (Wildman–Crippen MR) is 519 cm³/mol. The van der Waals surface area contributed by atoms with Crippen LogP contribution in [-0.4, -0.2) is 9.13 Å². The number of nitrogens with zero attached hydrogens (tertiary/aromatic N) is 4. The summed E-state index contributed by atoms with van der Waals surface area (Å²) in [7, 11) is 0. The molecule has 2 aromatic heterocycles. The molecule has 0 unspecified atom stereocenters. The highest BCUT2D eigenvalue weighted by atomic mass is 15.1. The third-order valence-corrected chi connectivity index (χ3v) is 24.3. The highest BCUT2D eigenvalue weighted by molar-refractivity contribution is 6.23. The van der Waals surface area contributed by atoms with Crippen LogP contribution < -0.4 is 9.80 Å². The van der Waals surface area contributed by atoms with Crippen LogP contribution in [0.25, 0.3) is 176 Å². The summed E-state index contributed by atoms with van der Waals surface area (Å²) < 4.78 is 4.82. The number of anilines is 6. The second-order valence-corrected chi connectivity index (χ2v) is 31.4. The molecule has 0 N–H and O–H groups in total. The van der Waals surface area contributed by atoms with Crippen LogP contribution in [-0.2, 0) is 0 Å². The fourth-order valence-electron chi connectivity index (χ4n) is 18.8. The van der Waals surface area contributed by atoms with Crippen molar-refractivity contribution in [1.29, 1.82) is 0 Å². The van der Waals surface area contributed by atoms with Crippen molar-refractivity contribution in [3.63, 3.8) is 0 Å². The maximum absolute atomic E-state index is 2.41. The summed E-state index contributed by atoms with van der Waals surface area (Å²) in [6, 6.07) is 176. The molecule has 0 radical (unpaired) electrons. The number of benzene rings is 21. The molecule has 0 saturated carbocycles. The molecule has 122 heavy (non-hydrogen) atoms. The van der Waals surface area contributed by atoms with E-state index in [-0.39, 0.29) is 0 Å². The third kappa shape index (κ3) is 13.1. The first kappa shape index (κ1) is 72.3. The van der Waals surface area contributed by atoms with Crippen molar-refractivity contribution < 1.29 is 0 Å². The Labute approximate surface area is 709 Å². The number of rotatable bonds is 15. The average molecular weight is 1550 g/mol. The first-order chi connectivity index (χ1) is 60.6. The van der Waals surface area contributed by atoms with E-state index >= 15 is 0 Å². The van der Waals surface area contributed by atoms with E-state index in [9.17, 15) is 0 Å². The molecule has 0 aliphatic heterocycles. The van der Waals surface area contributed by atoms with Gasteiger partial charge in [0.25, 0.3) is 0 Å². The Morgan fingerprint density at radius 2 is 0.344 bits per heavy atom. The van der Waals surface area contributed by atoms with Crippen molar-refractivity contribution in [2.24, 2.45) is 0 Å². The van der Waals surface area contributed by atoms with Gasteiger partial charge in [0, 0.05) is 67.0 Å². The Morgan fingerprint density at radius 1 is 0.123 bits per heavy atom. The quantitative estimate of drug-likeness (QED) is 0.0951. The van der Waals surface area contributed by atoms with E-state index in [4.69, 9.17) is 0 Å². The number of aromatic nitrogens is 2. The van der Waals surface area contributed by atoms with Crippen molar-refractivity contribution in [2.45, 2.75) is 0 Å². The molecule has 572 valence electrons. The van der Waals surface area contributed by atoms with E-state index in [1.807, 2.05) is 0 Å². The van der Waals surface area contributed by atoms with Gasteiger partial charge in [-0.3, -0.25) is 0 Å². The zero-order chi connectivity index (χ0) is 80.8. The third-order valence-electron chi connectivity index (χ3n) is 24.3. The van der Waals surface area contributed by atoms with Crippen LogP contribution in [0, 0.1) is 0 Å². The first-order valence-corrected chi connectivity index (χ1v) is 41.9. The van der Waals surface area contributed by atoms with Crippen molar-refractivity contribution in [3.8, 4) is 89.3 Å². The van der Waals surface area contributed by atoms with Gasteiger partial charge in [-0.05, 0) is 248 Å². The smallest absolute Gasteiger partial charge is 0.0542 e. The maximum atomic E-state index is 2.41. The van der Waals surface area contributed by atoms with E-state index in [0.717, 1.165) is 45.5 Å². The second-order valence-electron chi connectivity index (χ2n) is 31.4. The zero-order valence-corrected chi connectivity index (χ0v) is 67.0. The highest BCUT2D eigenvalue weighted by Crippen LogP contribution is 2.49.